The van der Waals surface area contributed by atoms with Gasteiger partial charge in [-0.05, 0) is 42.8 Å². The van der Waals surface area contributed by atoms with Crippen molar-refractivity contribution >= 4 is 11.7 Å². The molecule has 2 N–H and O–H groups in total. The highest BCUT2D eigenvalue weighted by Crippen LogP contribution is 2.16. The summed E-state index contributed by atoms with van der Waals surface area (Å²) in [4.78, 5) is 16.0. The lowest BCUT2D eigenvalue weighted by molar-refractivity contribution is 0.249. The van der Waals surface area contributed by atoms with Gasteiger partial charge in [-0.2, -0.15) is 5.10 Å². The van der Waals surface area contributed by atoms with Gasteiger partial charge in [0, 0.05) is 18.6 Å². The van der Waals surface area contributed by atoms with E-state index in [-0.39, 0.29) is 12.1 Å². The van der Waals surface area contributed by atoms with Crippen LogP contribution in [-0.2, 0) is 0 Å². The molecular formula is C17H17N5O. The van der Waals surface area contributed by atoms with Gasteiger partial charge in [0.2, 0.25) is 0 Å². The van der Waals surface area contributed by atoms with Crippen molar-refractivity contribution in [3.05, 3.63) is 72.8 Å². The number of anilines is 1. The van der Waals surface area contributed by atoms with Crippen molar-refractivity contribution in [2.75, 3.05) is 5.32 Å². The summed E-state index contributed by atoms with van der Waals surface area (Å²) in [6, 6.07) is 12.9. The minimum Gasteiger partial charge on any atom is -0.331 e. The molecule has 116 valence electrons. The van der Waals surface area contributed by atoms with Gasteiger partial charge in [-0.3, -0.25) is 4.98 Å². The molecule has 0 fully saturated rings. The van der Waals surface area contributed by atoms with Gasteiger partial charge in [0.05, 0.1) is 23.6 Å². The first-order valence-corrected chi connectivity index (χ1v) is 7.30. The number of rotatable bonds is 4. The molecule has 3 rings (SSSR count). The lowest BCUT2D eigenvalue weighted by Crippen LogP contribution is -2.31. The van der Waals surface area contributed by atoms with Crippen molar-refractivity contribution in [2.45, 2.75) is 13.0 Å². The Balaban J connectivity index is 1.67. The number of amides is 2. The number of aromatic nitrogens is 3. The molecule has 1 unspecified atom stereocenters. The molecule has 0 aliphatic rings. The molecule has 2 amide bonds. The Morgan fingerprint density at radius 3 is 2.83 bits per heavy atom. The second-order valence-electron chi connectivity index (χ2n) is 5.11. The first-order valence-electron chi connectivity index (χ1n) is 7.30. The number of nitrogens with zero attached hydrogens (tertiary/aromatic N) is 3. The zero-order valence-corrected chi connectivity index (χ0v) is 12.7. The van der Waals surface area contributed by atoms with Crippen LogP contribution in [0.2, 0.25) is 0 Å². The molecule has 6 nitrogen and oxygen atoms in total. The van der Waals surface area contributed by atoms with E-state index in [9.17, 15) is 4.79 Å². The standard InChI is InChI=1S/C17H17N5O/c1-13(20-17(23)21-15-6-3-8-18-12-15)14-5-2-7-16(11-14)22-10-4-9-19-22/h2-13H,1H3,(H2,20,21,23). The predicted molar refractivity (Wildman–Crippen MR) is 88.4 cm³/mol. The number of pyridine rings is 1. The monoisotopic (exact) mass is 307 g/mol. The van der Waals surface area contributed by atoms with Crippen LogP contribution in [-0.4, -0.2) is 20.8 Å². The number of benzene rings is 1. The molecule has 0 saturated heterocycles. The molecule has 0 aliphatic heterocycles. The number of carbonyl (C=O) groups excluding carboxylic acids is 1. The first kappa shape index (κ1) is 14.8. The second-order valence-corrected chi connectivity index (χ2v) is 5.11. The SMILES string of the molecule is CC(NC(=O)Nc1cccnc1)c1cccc(-n2cccn2)c1. The van der Waals surface area contributed by atoms with Gasteiger partial charge in [0.25, 0.3) is 0 Å². The smallest absolute Gasteiger partial charge is 0.319 e. The van der Waals surface area contributed by atoms with E-state index in [1.807, 2.05) is 43.5 Å². The Kier molecular flexibility index (Phi) is 4.33. The van der Waals surface area contributed by atoms with Gasteiger partial charge in [0.1, 0.15) is 0 Å². The van der Waals surface area contributed by atoms with Crippen molar-refractivity contribution in [2.24, 2.45) is 0 Å². The molecule has 2 aromatic heterocycles. The predicted octanol–water partition coefficient (Wildman–Crippen LogP) is 3.15. The van der Waals surface area contributed by atoms with Crippen LogP contribution in [0, 0.1) is 0 Å². The minimum absolute atomic E-state index is 0.137. The van der Waals surface area contributed by atoms with E-state index in [4.69, 9.17) is 0 Å². The van der Waals surface area contributed by atoms with Crippen molar-refractivity contribution in [1.29, 1.82) is 0 Å². The average molecular weight is 307 g/mol. The molecule has 0 spiro atoms. The van der Waals surface area contributed by atoms with E-state index < -0.39 is 0 Å². The van der Waals surface area contributed by atoms with Crippen molar-refractivity contribution in [3.8, 4) is 5.69 Å². The molecule has 0 saturated carbocycles. The molecule has 23 heavy (non-hydrogen) atoms. The number of carbonyl (C=O) groups is 1. The fourth-order valence-corrected chi connectivity index (χ4v) is 2.24. The summed E-state index contributed by atoms with van der Waals surface area (Å²) in [5.74, 6) is 0. The van der Waals surface area contributed by atoms with E-state index in [1.165, 1.54) is 0 Å². The van der Waals surface area contributed by atoms with Gasteiger partial charge < -0.3 is 10.6 Å². The Hall–Kier alpha value is -3.15. The van der Waals surface area contributed by atoms with Crippen LogP contribution in [0.15, 0.2) is 67.3 Å². The lowest BCUT2D eigenvalue weighted by atomic mass is 10.1. The number of hydrogen-bond acceptors (Lipinski definition) is 3. The highest BCUT2D eigenvalue weighted by atomic mass is 16.2. The summed E-state index contributed by atoms with van der Waals surface area (Å²) in [6.07, 6.45) is 6.87. The van der Waals surface area contributed by atoms with Crippen LogP contribution >= 0.6 is 0 Å². The van der Waals surface area contributed by atoms with Gasteiger partial charge in [-0.15, -0.1) is 0 Å². The maximum Gasteiger partial charge on any atom is 0.319 e. The molecule has 0 aliphatic carbocycles. The van der Waals surface area contributed by atoms with Crippen LogP contribution in [0.1, 0.15) is 18.5 Å². The van der Waals surface area contributed by atoms with E-state index >= 15 is 0 Å². The van der Waals surface area contributed by atoms with Crippen LogP contribution < -0.4 is 10.6 Å². The summed E-state index contributed by atoms with van der Waals surface area (Å²) in [5.41, 5.74) is 2.61. The fraction of sp³-hybridized carbons (Fsp3) is 0.118. The average Bonchev–Trinajstić information content (AvgIpc) is 3.10. The maximum absolute atomic E-state index is 12.0. The summed E-state index contributed by atoms with van der Waals surface area (Å²) in [6.45, 7) is 1.94. The maximum atomic E-state index is 12.0. The largest absolute Gasteiger partial charge is 0.331 e. The quantitative estimate of drug-likeness (QED) is 0.777. The molecule has 1 atom stereocenters. The third-order valence-electron chi connectivity index (χ3n) is 3.41. The van der Waals surface area contributed by atoms with E-state index in [2.05, 4.69) is 20.7 Å². The molecular weight excluding hydrogens is 290 g/mol. The number of urea groups is 1. The van der Waals surface area contributed by atoms with E-state index in [0.29, 0.717) is 5.69 Å². The highest BCUT2D eigenvalue weighted by molar-refractivity contribution is 5.89. The Morgan fingerprint density at radius 1 is 1.17 bits per heavy atom. The van der Waals surface area contributed by atoms with Crippen molar-refractivity contribution in [3.63, 3.8) is 0 Å². The van der Waals surface area contributed by atoms with Gasteiger partial charge in [-0.1, -0.05) is 12.1 Å². The Morgan fingerprint density at radius 2 is 2.09 bits per heavy atom. The summed E-state index contributed by atoms with van der Waals surface area (Å²) >= 11 is 0. The summed E-state index contributed by atoms with van der Waals surface area (Å²) in [5, 5.41) is 9.88. The van der Waals surface area contributed by atoms with Crippen LogP contribution in [0.25, 0.3) is 5.69 Å². The Labute approximate surface area is 134 Å². The normalized spacial score (nSPS) is 11.7. The topological polar surface area (TPSA) is 71.8 Å². The molecule has 1 aromatic carbocycles. The fourth-order valence-electron chi connectivity index (χ4n) is 2.24. The van der Waals surface area contributed by atoms with Gasteiger partial charge >= 0.3 is 6.03 Å². The third-order valence-corrected chi connectivity index (χ3v) is 3.41. The van der Waals surface area contributed by atoms with Crippen LogP contribution in [0.5, 0.6) is 0 Å². The van der Waals surface area contributed by atoms with Gasteiger partial charge in [0.15, 0.2) is 0 Å². The summed E-state index contributed by atoms with van der Waals surface area (Å²) < 4.78 is 1.78. The zero-order chi connectivity index (χ0) is 16.1. The number of nitrogens with one attached hydrogen (secondary N) is 2. The third kappa shape index (κ3) is 3.74. The van der Waals surface area contributed by atoms with Gasteiger partial charge in [-0.25, -0.2) is 9.48 Å². The van der Waals surface area contributed by atoms with E-state index in [0.717, 1.165) is 11.3 Å². The first-order chi connectivity index (χ1) is 11.2. The van der Waals surface area contributed by atoms with Crippen LogP contribution in [0.3, 0.4) is 0 Å². The van der Waals surface area contributed by atoms with Crippen molar-refractivity contribution < 1.29 is 4.79 Å². The highest BCUT2D eigenvalue weighted by Gasteiger charge is 2.10. The lowest BCUT2D eigenvalue weighted by Gasteiger charge is -2.16. The molecule has 2 heterocycles. The Bertz CT molecular complexity index is 771. The second kappa shape index (κ2) is 6.74. The zero-order valence-electron chi connectivity index (χ0n) is 12.7. The van der Waals surface area contributed by atoms with Crippen LogP contribution in [0.4, 0.5) is 10.5 Å². The minimum atomic E-state index is -0.269. The van der Waals surface area contributed by atoms with E-state index in [1.54, 1.807) is 35.4 Å². The molecule has 3 aromatic rings. The van der Waals surface area contributed by atoms with Crippen molar-refractivity contribution in [1.82, 2.24) is 20.1 Å². The molecule has 6 heteroatoms. The number of hydrogen-bond donors (Lipinski definition) is 2. The molecule has 0 radical (unpaired) electrons. The molecule has 0 bridgehead atoms. The summed E-state index contributed by atoms with van der Waals surface area (Å²) in [7, 11) is 0.